The molecule has 0 aromatic heterocycles. The monoisotopic (exact) mass is 197 g/mol. The Morgan fingerprint density at radius 3 is 2.85 bits per heavy atom. The van der Waals surface area contributed by atoms with Crippen LogP contribution in [-0.2, 0) is 4.79 Å². The molecule has 0 bridgehead atoms. The first-order valence-corrected chi connectivity index (χ1v) is 5.00. The van der Waals surface area contributed by atoms with Crippen LogP contribution >= 0.6 is 11.8 Å². The summed E-state index contributed by atoms with van der Waals surface area (Å²) in [6.07, 6.45) is 1.95. The van der Waals surface area contributed by atoms with Gasteiger partial charge in [-0.05, 0) is 18.4 Å². The maximum absolute atomic E-state index is 10.5. The highest BCUT2D eigenvalue weighted by Gasteiger charge is 2.02. The van der Waals surface area contributed by atoms with Crippen LogP contribution in [0.5, 0.6) is 5.75 Å². The van der Waals surface area contributed by atoms with Gasteiger partial charge in [-0.25, -0.2) is 0 Å². The average Bonchev–Trinajstić information content (AvgIpc) is 2.15. The summed E-state index contributed by atoms with van der Waals surface area (Å²) in [6, 6.07) is 7.52. The molecule has 3 nitrogen and oxygen atoms in total. The van der Waals surface area contributed by atoms with Gasteiger partial charge < -0.3 is 10.5 Å². The first-order chi connectivity index (χ1) is 6.24. The van der Waals surface area contributed by atoms with E-state index >= 15 is 0 Å². The standard InChI is InChI=1S/C9H11NO2S/c1-13-8-5-3-2-4-7(8)12-6-9(10)11/h2-5H,6H2,1H3,(H2,10,11). The van der Waals surface area contributed by atoms with Gasteiger partial charge in [0, 0.05) is 4.90 Å². The van der Waals surface area contributed by atoms with E-state index < -0.39 is 5.91 Å². The van der Waals surface area contributed by atoms with Crippen molar-refractivity contribution >= 4 is 17.7 Å². The van der Waals surface area contributed by atoms with E-state index in [-0.39, 0.29) is 6.61 Å². The molecular weight excluding hydrogens is 186 g/mol. The molecule has 0 heterocycles. The number of hydrogen-bond donors (Lipinski definition) is 1. The van der Waals surface area contributed by atoms with Crippen LogP contribution in [0.4, 0.5) is 0 Å². The van der Waals surface area contributed by atoms with Crippen LogP contribution < -0.4 is 10.5 Å². The summed E-state index contributed by atoms with van der Waals surface area (Å²) in [5.41, 5.74) is 4.96. The number of amides is 1. The Kier molecular flexibility index (Phi) is 3.64. The van der Waals surface area contributed by atoms with Crippen LogP contribution in [0.15, 0.2) is 29.2 Å². The van der Waals surface area contributed by atoms with Crippen molar-refractivity contribution in [2.45, 2.75) is 4.90 Å². The first kappa shape index (κ1) is 9.92. The number of carbonyl (C=O) groups is 1. The Balaban J connectivity index is 2.69. The van der Waals surface area contributed by atoms with Gasteiger partial charge in [0.05, 0.1) is 0 Å². The van der Waals surface area contributed by atoms with Gasteiger partial charge >= 0.3 is 0 Å². The van der Waals surface area contributed by atoms with Crippen molar-refractivity contribution in [3.63, 3.8) is 0 Å². The summed E-state index contributed by atoms with van der Waals surface area (Å²) in [4.78, 5) is 11.5. The molecule has 0 saturated heterocycles. The lowest BCUT2D eigenvalue weighted by Crippen LogP contribution is -2.20. The molecule has 1 rings (SSSR count). The predicted molar refractivity (Wildman–Crippen MR) is 52.9 cm³/mol. The number of primary amides is 1. The molecule has 0 unspecified atom stereocenters. The van der Waals surface area contributed by atoms with Crippen molar-refractivity contribution in [1.82, 2.24) is 0 Å². The summed E-state index contributed by atoms with van der Waals surface area (Å²) < 4.78 is 5.19. The second-order valence-corrected chi connectivity index (χ2v) is 3.25. The molecule has 13 heavy (non-hydrogen) atoms. The van der Waals surface area contributed by atoms with Gasteiger partial charge in [0.2, 0.25) is 0 Å². The lowest BCUT2D eigenvalue weighted by atomic mass is 10.3. The molecule has 4 heteroatoms. The summed E-state index contributed by atoms with van der Waals surface area (Å²) >= 11 is 1.57. The Bertz CT molecular complexity index is 301. The molecule has 1 amide bonds. The number of para-hydroxylation sites is 1. The van der Waals surface area contributed by atoms with E-state index in [1.807, 2.05) is 30.5 Å². The minimum atomic E-state index is -0.462. The van der Waals surface area contributed by atoms with Gasteiger partial charge in [0.15, 0.2) is 6.61 Å². The zero-order valence-corrected chi connectivity index (χ0v) is 8.14. The molecule has 0 fully saturated rings. The summed E-state index contributed by atoms with van der Waals surface area (Å²) in [7, 11) is 0. The maximum Gasteiger partial charge on any atom is 0.255 e. The fraction of sp³-hybridized carbons (Fsp3) is 0.222. The number of hydrogen-bond acceptors (Lipinski definition) is 3. The van der Waals surface area contributed by atoms with Crippen molar-refractivity contribution in [3.8, 4) is 5.75 Å². The van der Waals surface area contributed by atoms with E-state index in [2.05, 4.69) is 0 Å². The van der Waals surface area contributed by atoms with E-state index in [1.54, 1.807) is 11.8 Å². The van der Waals surface area contributed by atoms with E-state index in [0.717, 1.165) is 4.90 Å². The number of ether oxygens (including phenoxy) is 1. The van der Waals surface area contributed by atoms with Crippen LogP contribution in [0.2, 0.25) is 0 Å². The smallest absolute Gasteiger partial charge is 0.255 e. The molecule has 0 saturated carbocycles. The Labute approximate surface area is 81.3 Å². The van der Waals surface area contributed by atoms with Crippen LogP contribution in [0.25, 0.3) is 0 Å². The lowest BCUT2D eigenvalue weighted by molar-refractivity contribution is -0.120. The Morgan fingerprint density at radius 1 is 1.54 bits per heavy atom. The predicted octanol–water partition coefficient (Wildman–Crippen LogP) is 1.27. The molecule has 0 radical (unpaired) electrons. The minimum absolute atomic E-state index is 0.0719. The summed E-state index contributed by atoms with van der Waals surface area (Å²) in [5, 5.41) is 0. The third-order valence-electron chi connectivity index (χ3n) is 1.44. The largest absolute Gasteiger partial charge is 0.483 e. The quantitative estimate of drug-likeness (QED) is 0.739. The third-order valence-corrected chi connectivity index (χ3v) is 2.22. The molecule has 0 aliphatic rings. The normalized spacial score (nSPS) is 9.62. The lowest BCUT2D eigenvalue weighted by Gasteiger charge is -2.07. The Morgan fingerprint density at radius 2 is 2.23 bits per heavy atom. The number of benzene rings is 1. The van der Waals surface area contributed by atoms with Gasteiger partial charge in [-0.1, -0.05) is 12.1 Å². The first-order valence-electron chi connectivity index (χ1n) is 3.78. The average molecular weight is 197 g/mol. The van der Waals surface area contributed by atoms with E-state index in [1.165, 1.54) is 0 Å². The molecular formula is C9H11NO2S. The highest BCUT2D eigenvalue weighted by Crippen LogP contribution is 2.26. The summed E-state index contributed by atoms with van der Waals surface area (Å²) in [6.45, 7) is -0.0719. The van der Waals surface area contributed by atoms with E-state index in [0.29, 0.717) is 5.75 Å². The molecule has 0 aliphatic heterocycles. The van der Waals surface area contributed by atoms with Crippen LogP contribution in [0.3, 0.4) is 0 Å². The second-order valence-electron chi connectivity index (χ2n) is 2.41. The zero-order valence-electron chi connectivity index (χ0n) is 7.32. The van der Waals surface area contributed by atoms with Gasteiger partial charge in [0.25, 0.3) is 5.91 Å². The zero-order chi connectivity index (χ0) is 9.68. The number of carbonyl (C=O) groups excluding carboxylic acids is 1. The van der Waals surface area contributed by atoms with Gasteiger partial charge in [0.1, 0.15) is 5.75 Å². The molecule has 70 valence electrons. The molecule has 1 aromatic rings. The van der Waals surface area contributed by atoms with Crippen molar-refractivity contribution < 1.29 is 9.53 Å². The Hall–Kier alpha value is -1.16. The molecule has 0 spiro atoms. The van der Waals surface area contributed by atoms with E-state index in [9.17, 15) is 4.79 Å². The number of rotatable bonds is 4. The van der Waals surface area contributed by atoms with Crippen molar-refractivity contribution in [2.75, 3.05) is 12.9 Å². The van der Waals surface area contributed by atoms with Crippen molar-refractivity contribution in [1.29, 1.82) is 0 Å². The second kappa shape index (κ2) is 4.77. The minimum Gasteiger partial charge on any atom is -0.483 e. The fourth-order valence-electron chi connectivity index (χ4n) is 0.887. The van der Waals surface area contributed by atoms with Crippen LogP contribution in [0.1, 0.15) is 0 Å². The summed E-state index contributed by atoms with van der Waals surface area (Å²) in [5.74, 6) is 0.240. The molecule has 0 aliphatic carbocycles. The van der Waals surface area contributed by atoms with Crippen LogP contribution in [-0.4, -0.2) is 18.8 Å². The van der Waals surface area contributed by atoms with Gasteiger partial charge in [-0.15, -0.1) is 11.8 Å². The molecule has 0 atom stereocenters. The molecule has 2 N–H and O–H groups in total. The van der Waals surface area contributed by atoms with Crippen molar-refractivity contribution in [3.05, 3.63) is 24.3 Å². The number of thioether (sulfide) groups is 1. The van der Waals surface area contributed by atoms with E-state index in [4.69, 9.17) is 10.5 Å². The van der Waals surface area contributed by atoms with Crippen LogP contribution in [0, 0.1) is 0 Å². The maximum atomic E-state index is 10.5. The van der Waals surface area contributed by atoms with Crippen molar-refractivity contribution in [2.24, 2.45) is 5.73 Å². The highest BCUT2D eigenvalue weighted by atomic mass is 32.2. The highest BCUT2D eigenvalue weighted by molar-refractivity contribution is 7.98. The molecule has 1 aromatic carbocycles. The topological polar surface area (TPSA) is 52.3 Å². The SMILES string of the molecule is CSc1ccccc1OCC(N)=O. The fourth-order valence-corrected chi connectivity index (χ4v) is 1.43. The van der Waals surface area contributed by atoms with Gasteiger partial charge in [-0.2, -0.15) is 0 Å². The van der Waals surface area contributed by atoms with Gasteiger partial charge in [-0.3, -0.25) is 4.79 Å². The number of nitrogens with two attached hydrogens (primary N) is 1. The third kappa shape index (κ3) is 2.99.